The molecule has 0 amide bonds. The molecule has 0 radical (unpaired) electrons. The van der Waals surface area contributed by atoms with Crippen LogP contribution in [0.1, 0.15) is 38.5 Å². The van der Waals surface area contributed by atoms with E-state index in [1.807, 2.05) is 0 Å². The van der Waals surface area contributed by atoms with Crippen LogP contribution in [-0.2, 0) is 4.79 Å². The Bertz CT molecular complexity index is 234. The van der Waals surface area contributed by atoms with Crippen molar-refractivity contribution in [3.8, 4) is 0 Å². The number of Topliss-reactive ketones (excluding diaryl/α,β-unsaturated/α-hetero) is 1. The fourth-order valence-electron chi connectivity index (χ4n) is 2.96. The number of rotatable bonds is 2. The second kappa shape index (κ2) is 2.81. The van der Waals surface area contributed by atoms with E-state index in [0.29, 0.717) is 23.8 Å². The van der Waals surface area contributed by atoms with E-state index in [1.165, 1.54) is 32.1 Å². The van der Waals surface area contributed by atoms with Gasteiger partial charge in [-0.15, -0.1) is 0 Å². The second-order valence-electron chi connectivity index (χ2n) is 5.00. The van der Waals surface area contributed by atoms with Gasteiger partial charge in [-0.1, -0.05) is 12.8 Å². The van der Waals surface area contributed by atoms with Crippen LogP contribution in [-0.4, -0.2) is 17.9 Å². The number of hydrogen-bond acceptors (Lipinski definition) is 2. The van der Waals surface area contributed by atoms with Crippen LogP contribution in [0.5, 0.6) is 0 Å². The average Bonchev–Trinajstić information content (AvgIpc) is 2.84. The van der Waals surface area contributed by atoms with Crippen LogP contribution < -0.4 is 5.32 Å². The molecule has 1 saturated carbocycles. The van der Waals surface area contributed by atoms with Gasteiger partial charge in [0.25, 0.3) is 0 Å². The Balaban J connectivity index is 1.72. The summed E-state index contributed by atoms with van der Waals surface area (Å²) in [5, 5.41) is 3.58. The topological polar surface area (TPSA) is 29.1 Å². The number of piperidine rings is 1. The highest BCUT2D eigenvalue weighted by Gasteiger charge is 2.42. The smallest absolute Gasteiger partial charge is 0.139 e. The first-order chi connectivity index (χ1) is 6.33. The quantitative estimate of drug-likeness (QED) is 0.696. The number of ketones is 1. The Hall–Kier alpha value is -0.370. The predicted molar refractivity (Wildman–Crippen MR) is 50.4 cm³/mol. The zero-order chi connectivity index (χ0) is 8.84. The van der Waals surface area contributed by atoms with E-state index in [2.05, 4.69) is 5.32 Å². The number of carbonyl (C=O) groups excluding carboxylic acids is 1. The molecule has 2 saturated heterocycles. The van der Waals surface area contributed by atoms with E-state index in [9.17, 15) is 4.79 Å². The average molecular weight is 179 g/mol. The van der Waals surface area contributed by atoms with Crippen molar-refractivity contribution in [2.75, 3.05) is 0 Å². The summed E-state index contributed by atoms with van der Waals surface area (Å²) in [5.41, 5.74) is 0. The lowest BCUT2D eigenvalue weighted by Crippen LogP contribution is -2.45. The summed E-state index contributed by atoms with van der Waals surface area (Å²) in [6, 6.07) is 1.08. The van der Waals surface area contributed by atoms with Crippen molar-refractivity contribution in [3.63, 3.8) is 0 Å². The Morgan fingerprint density at radius 2 is 2.08 bits per heavy atom. The minimum Gasteiger partial charge on any atom is -0.310 e. The Morgan fingerprint density at radius 1 is 1.23 bits per heavy atom. The summed E-state index contributed by atoms with van der Waals surface area (Å²) >= 11 is 0. The first-order valence-corrected chi connectivity index (χ1v) is 5.61. The summed E-state index contributed by atoms with van der Waals surface area (Å²) in [6.07, 6.45) is 7.22. The van der Waals surface area contributed by atoms with Crippen molar-refractivity contribution >= 4 is 5.78 Å². The molecule has 3 fully saturated rings. The molecule has 0 aromatic heterocycles. The highest BCUT2D eigenvalue weighted by atomic mass is 16.1. The van der Waals surface area contributed by atoms with Gasteiger partial charge >= 0.3 is 0 Å². The molecule has 3 rings (SSSR count). The highest BCUT2D eigenvalue weighted by molar-refractivity contribution is 5.83. The molecular formula is C11H17NO. The van der Waals surface area contributed by atoms with Gasteiger partial charge in [-0.25, -0.2) is 0 Å². The molecule has 2 aliphatic heterocycles. The Kier molecular flexibility index (Phi) is 1.72. The Morgan fingerprint density at radius 3 is 2.85 bits per heavy atom. The molecule has 2 heterocycles. The van der Waals surface area contributed by atoms with Gasteiger partial charge in [-0.2, -0.15) is 0 Å². The molecule has 2 bridgehead atoms. The van der Waals surface area contributed by atoms with Crippen molar-refractivity contribution in [2.45, 2.75) is 50.6 Å². The van der Waals surface area contributed by atoms with Crippen LogP contribution in [0.3, 0.4) is 0 Å². The summed E-state index contributed by atoms with van der Waals surface area (Å²) in [6.45, 7) is 0. The minimum atomic E-state index is 0.381. The van der Waals surface area contributed by atoms with Crippen molar-refractivity contribution in [2.24, 2.45) is 11.8 Å². The standard InChI is InChI=1S/C11H17NO/c13-11-6-8-3-4-10(12-8)9(11)5-7-1-2-7/h7-10,12H,1-6H2. The molecule has 13 heavy (non-hydrogen) atoms. The third-order valence-corrected chi connectivity index (χ3v) is 3.91. The summed E-state index contributed by atoms with van der Waals surface area (Å²) in [7, 11) is 0. The van der Waals surface area contributed by atoms with Gasteiger partial charge < -0.3 is 5.32 Å². The van der Waals surface area contributed by atoms with Crippen molar-refractivity contribution in [1.82, 2.24) is 5.32 Å². The minimum absolute atomic E-state index is 0.381. The molecule has 1 N–H and O–H groups in total. The van der Waals surface area contributed by atoms with E-state index in [1.54, 1.807) is 0 Å². The second-order valence-corrected chi connectivity index (χ2v) is 5.00. The van der Waals surface area contributed by atoms with Crippen LogP contribution in [0.4, 0.5) is 0 Å². The molecular weight excluding hydrogens is 162 g/mol. The maximum atomic E-state index is 11.8. The maximum Gasteiger partial charge on any atom is 0.139 e. The first-order valence-electron chi connectivity index (χ1n) is 5.61. The van der Waals surface area contributed by atoms with Crippen molar-refractivity contribution < 1.29 is 4.79 Å². The highest BCUT2D eigenvalue weighted by Crippen LogP contribution is 2.40. The zero-order valence-corrected chi connectivity index (χ0v) is 7.96. The molecule has 0 aromatic rings. The van der Waals surface area contributed by atoms with Crippen molar-refractivity contribution in [3.05, 3.63) is 0 Å². The van der Waals surface area contributed by atoms with Crippen LogP contribution in [0, 0.1) is 11.8 Å². The summed E-state index contributed by atoms with van der Waals surface area (Å²) < 4.78 is 0. The molecule has 72 valence electrons. The largest absolute Gasteiger partial charge is 0.310 e. The van der Waals surface area contributed by atoms with Gasteiger partial charge in [0.15, 0.2) is 0 Å². The molecule has 2 nitrogen and oxygen atoms in total. The fourth-order valence-corrected chi connectivity index (χ4v) is 2.96. The molecule has 0 aromatic carbocycles. The third-order valence-electron chi connectivity index (χ3n) is 3.91. The van der Waals surface area contributed by atoms with E-state index in [-0.39, 0.29) is 0 Å². The summed E-state index contributed by atoms with van der Waals surface area (Å²) in [5.74, 6) is 1.83. The van der Waals surface area contributed by atoms with Gasteiger partial charge in [0.2, 0.25) is 0 Å². The number of carbonyl (C=O) groups is 1. The normalized spacial score (nSPS) is 44.0. The lowest BCUT2D eigenvalue weighted by molar-refractivity contribution is -0.125. The van der Waals surface area contributed by atoms with Gasteiger partial charge in [-0.3, -0.25) is 4.79 Å². The van der Waals surface area contributed by atoms with Crippen LogP contribution in [0.2, 0.25) is 0 Å². The van der Waals surface area contributed by atoms with Crippen LogP contribution in [0.15, 0.2) is 0 Å². The number of hydrogen-bond donors (Lipinski definition) is 1. The Labute approximate surface area is 79.1 Å². The molecule has 3 unspecified atom stereocenters. The molecule has 3 aliphatic rings. The maximum absolute atomic E-state index is 11.8. The molecule has 1 aliphatic carbocycles. The monoisotopic (exact) mass is 179 g/mol. The number of fused-ring (bicyclic) bond motifs is 2. The molecule has 3 atom stereocenters. The first kappa shape index (κ1) is 7.98. The zero-order valence-electron chi connectivity index (χ0n) is 7.96. The molecule has 0 spiro atoms. The third kappa shape index (κ3) is 1.41. The lowest BCUT2D eigenvalue weighted by atomic mass is 9.86. The van der Waals surface area contributed by atoms with Gasteiger partial charge in [0, 0.05) is 24.4 Å². The lowest BCUT2D eigenvalue weighted by Gasteiger charge is -2.28. The van der Waals surface area contributed by atoms with Crippen molar-refractivity contribution in [1.29, 1.82) is 0 Å². The van der Waals surface area contributed by atoms with Gasteiger partial charge in [0.05, 0.1) is 0 Å². The van der Waals surface area contributed by atoms with Crippen LogP contribution in [0.25, 0.3) is 0 Å². The van der Waals surface area contributed by atoms with Gasteiger partial charge in [0.1, 0.15) is 5.78 Å². The van der Waals surface area contributed by atoms with E-state index in [4.69, 9.17) is 0 Å². The van der Waals surface area contributed by atoms with Crippen LogP contribution >= 0.6 is 0 Å². The van der Waals surface area contributed by atoms with E-state index >= 15 is 0 Å². The van der Waals surface area contributed by atoms with E-state index in [0.717, 1.165) is 12.3 Å². The van der Waals surface area contributed by atoms with Gasteiger partial charge in [-0.05, 0) is 25.2 Å². The molecule has 2 heteroatoms. The predicted octanol–water partition coefficient (Wildman–Crippen LogP) is 1.50. The van der Waals surface area contributed by atoms with E-state index < -0.39 is 0 Å². The summed E-state index contributed by atoms with van der Waals surface area (Å²) in [4.78, 5) is 11.8. The fraction of sp³-hybridized carbons (Fsp3) is 0.909. The SMILES string of the molecule is O=C1CC2CCC(N2)C1CC1CC1. The number of nitrogens with one attached hydrogen (secondary N) is 1.